The number of carbonyl (C=O) groups excluding carboxylic acids is 1. The second kappa shape index (κ2) is 6.34. The number of piperidine rings is 1. The smallest absolute Gasteiger partial charge is 0.276 e. The van der Waals surface area contributed by atoms with E-state index in [0.717, 1.165) is 19.4 Å². The highest BCUT2D eigenvalue weighted by molar-refractivity contribution is 5.92. The van der Waals surface area contributed by atoms with E-state index in [-0.39, 0.29) is 5.91 Å². The van der Waals surface area contributed by atoms with Gasteiger partial charge < -0.3 is 9.42 Å². The van der Waals surface area contributed by atoms with Gasteiger partial charge in [-0.3, -0.25) is 4.79 Å². The number of fused-ring (bicyclic) bond motifs is 1. The Balaban J connectivity index is 1.58. The van der Waals surface area contributed by atoms with Gasteiger partial charge in [0.25, 0.3) is 5.91 Å². The highest BCUT2D eigenvalue weighted by Gasteiger charge is 2.42. The fourth-order valence-corrected chi connectivity index (χ4v) is 4.70. The molecule has 2 fully saturated rings. The van der Waals surface area contributed by atoms with Crippen molar-refractivity contribution in [3.8, 4) is 0 Å². The van der Waals surface area contributed by atoms with Crippen molar-refractivity contribution < 1.29 is 9.32 Å². The Bertz CT molecular complexity index is 617. The van der Waals surface area contributed by atoms with Crippen LogP contribution in [0, 0.1) is 11.8 Å². The molecule has 3 aliphatic rings. The van der Waals surface area contributed by atoms with E-state index in [0.29, 0.717) is 23.6 Å². The van der Waals surface area contributed by atoms with Crippen molar-refractivity contribution in [1.29, 1.82) is 0 Å². The van der Waals surface area contributed by atoms with Crippen LogP contribution < -0.4 is 0 Å². The molecule has 1 amide bonds. The van der Waals surface area contributed by atoms with Gasteiger partial charge in [-0.2, -0.15) is 0 Å². The maximum absolute atomic E-state index is 12.8. The van der Waals surface area contributed by atoms with Gasteiger partial charge in [0.1, 0.15) is 6.26 Å². The van der Waals surface area contributed by atoms with Crippen molar-refractivity contribution in [2.75, 3.05) is 6.54 Å². The first kappa shape index (κ1) is 14.7. The number of hydrogen-bond acceptors (Lipinski definition) is 3. The molecule has 23 heavy (non-hydrogen) atoms. The van der Waals surface area contributed by atoms with Crippen LogP contribution in [0.25, 0.3) is 0 Å². The van der Waals surface area contributed by atoms with E-state index in [1.165, 1.54) is 43.9 Å². The molecule has 0 spiro atoms. The molecular formula is C19H24N2O2. The van der Waals surface area contributed by atoms with Crippen LogP contribution >= 0.6 is 0 Å². The number of aromatic nitrogens is 1. The predicted molar refractivity (Wildman–Crippen MR) is 87.8 cm³/mol. The number of allylic oxidation sites excluding steroid dienone is 4. The molecule has 0 radical (unpaired) electrons. The Morgan fingerprint density at radius 3 is 2.91 bits per heavy atom. The number of nitrogens with zero attached hydrogens (tertiary/aromatic N) is 2. The fourth-order valence-electron chi connectivity index (χ4n) is 4.70. The van der Waals surface area contributed by atoms with Gasteiger partial charge in [0.2, 0.25) is 0 Å². The summed E-state index contributed by atoms with van der Waals surface area (Å²) in [5.74, 6) is 1.27. The third-order valence-electron chi connectivity index (χ3n) is 5.75. The van der Waals surface area contributed by atoms with Gasteiger partial charge in [0.15, 0.2) is 5.69 Å². The second-order valence-corrected chi connectivity index (χ2v) is 6.98. The van der Waals surface area contributed by atoms with Crippen LogP contribution in [0.3, 0.4) is 0 Å². The number of hydrogen-bond donors (Lipinski definition) is 0. The molecule has 1 saturated heterocycles. The molecule has 0 bridgehead atoms. The highest BCUT2D eigenvalue weighted by Crippen LogP contribution is 2.43. The summed E-state index contributed by atoms with van der Waals surface area (Å²) in [5, 5.41) is 3.85. The van der Waals surface area contributed by atoms with E-state index in [9.17, 15) is 4.79 Å². The van der Waals surface area contributed by atoms with Crippen LogP contribution in [0.1, 0.15) is 55.4 Å². The SMILES string of the molecule is O=C(c1ccon1)N1CC[C@@H](C2=CCCC=C2)[C@@H]2CCCC[C@@H]21. The molecule has 0 N–H and O–H groups in total. The molecule has 1 aliphatic heterocycles. The summed E-state index contributed by atoms with van der Waals surface area (Å²) in [4.78, 5) is 14.8. The number of rotatable bonds is 2. The first-order chi connectivity index (χ1) is 11.3. The van der Waals surface area contributed by atoms with Crippen LogP contribution in [-0.2, 0) is 0 Å². The molecule has 4 heteroatoms. The van der Waals surface area contributed by atoms with Gasteiger partial charge >= 0.3 is 0 Å². The van der Waals surface area contributed by atoms with Gasteiger partial charge in [-0.15, -0.1) is 0 Å². The summed E-state index contributed by atoms with van der Waals surface area (Å²) < 4.78 is 4.86. The lowest BCUT2D eigenvalue weighted by molar-refractivity contribution is 0.0247. The standard InChI is InChI=1S/C19H24N2O2/c22-19(17-11-13-23-20-17)21-12-10-15(14-6-2-1-3-7-14)16-8-4-5-9-18(16)21/h2,6-7,11,13,15-16,18H,1,3-5,8-10,12H2/t15-,16-,18-/m0/s1. The normalized spacial score (nSPS) is 30.7. The van der Waals surface area contributed by atoms with Crippen LogP contribution in [0.5, 0.6) is 0 Å². The van der Waals surface area contributed by atoms with Gasteiger partial charge in [-0.05, 0) is 49.5 Å². The summed E-state index contributed by atoms with van der Waals surface area (Å²) in [6.07, 6.45) is 16.8. The fraction of sp³-hybridized carbons (Fsp3) is 0.579. The third kappa shape index (κ3) is 2.75. The minimum Gasteiger partial charge on any atom is -0.364 e. The summed E-state index contributed by atoms with van der Waals surface area (Å²) in [5.41, 5.74) is 1.96. The van der Waals surface area contributed by atoms with Crippen molar-refractivity contribution in [3.05, 3.63) is 41.8 Å². The molecule has 4 nitrogen and oxygen atoms in total. The second-order valence-electron chi connectivity index (χ2n) is 6.98. The molecule has 1 aromatic rings. The molecule has 0 aromatic carbocycles. The zero-order valence-corrected chi connectivity index (χ0v) is 13.5. The minimum absolute atomic E-state index is 0.0438. The molecule has 2 aliphatic carbocycles. The van der Waals surface area contributed by atoms with Crippen molar-refractivity contribution in [2.24, 2.45) is 11.8 Å². The Kier molecular flexibility index (Phi) is 4.06. The quantitative estimate of drug-likeness (QED) is 0.830. The largest absolute Gasteiger partial charge is 0.364 e. The van der Waals surface area contributed by atoms with Gasteiger partial charge in [0, 0.05) is 18.7 Å². The molecule has 3 atom stereocenters. The van der Waals surface area contributed by atoms with Crippen LogP contribution in [-0.4, -0.2) is 28.6 Å². The molecule has 0 unspecified atom stereocenters. The summed E-state index contributed by atoms with van der Waals surface area (Å²) in [6, 6.07) is 2.04. The number of likely N-dealkylation sites (tertiary alicyclic amines) is 1. The van der Waals surface area contributed by atoms with E-state index in [1.54, 1.807) is 6.07 Å². The molecule has 122 valence electrons. The lowest BCUT2D eigenvalue weighted by Gasteiger charge is -2.48. The summed E-state index contributed by atoms with van der Waals surface area (Å²) in [6.45, 7) is 0.836. The maximum atomic E-state index is 12.8. The molecule has 4 rings (SSSR count). The van der Waals surface area contributed by atoms with E-state index >= 15 is 0 Å². The van der Waals surface area contributed by atoms with Gasteiger partial charge in [-0.25, -0.2) is 0 Å². The average Bonchev–Trinajstić information content (AvgIpc) is 3.15. The lowest BCUT2D eigenvalue weighted by atomic mass is 9.68. The molecule has 2 heterocycles. The Morgan fingerprint density at radius 2 is 2.13 bits per heavy atom. The zero-order valence-electron chi connectivity index (χ0n) is 13.5. The zero-order chi connectivity index (χ0) is 15.6. The molecule has 1 saturated carbocycles. The topological polar surface area (TPSA) is 46.3 Å². The molecular weight excluding hydrogens is 288 g/mol. The maximum Gasteiger partial charge on any atom is 0.276 e. The lowest BCUT2D eigenvalue weighted by Crippen LogP contribution is -2.53. The van der Waals surface area contributed by atoms with Crippen molar-refractivity contribution in [1.82, 2.24) is 10.1 Å². The average molecular weight is 312 g/mol. The van der Waals surface area contributed by atoms with Gasteiger partial charge in [0.05, 0.1) is 0 Å². The van der Waals surface area contributed by atoms with Crippen LogP contribution in [0.15, 0.2) is 40.7 Å². The third-order valence-corrected chi connectivity index (χ3v) is 5.75. The van der Waals surface area contributed by atoms with Crippen molar-refractivity contribution in [3.63, 3.8) is 0 Å². The Morgan fingerprint density at radius 1 is 1.22 bits per heavy atom. The van der Waals surface area contributed by atoms with Crippen LogP contribution in [0.4, 0.5) is 0 Å². The minimum atomic E-state index is 0.0438. The first-order valence-electron chi connectivity index (χ1n) is 8.92. The summed E-state index contributed by atoms with van der Waals surface area (Å²) >= 11 is 0. The highest BCUT2D eigenvalue weighted by atomic mass is 16.5. The monoisotopic (exact) mass is 312 g/mol. The van der Waals surface area contributed by atoms with Crippen molar-refractivity contribution >= 4 is 5.91 Å². The van der Waals surface area contributed by atoms with Gasteiger partial charge in [-0.1, -0.05) is 36.2 Å². The predicted octanol–water partition coefficient (Wildman–Crippen LogP) is 3.97. The van der Waals surface area contributed by atoms with E-state index in [1.807, 2.05) is 0 Å². The Labute approximate surface area is 137 Å². The summed E-state index contributed by atoms with van der Waals surface area (Å²) in [7, 11) is 0. The van der Waals surface area contributed by atoms with E-state index < -0.39 is 0 Å². The van der Waals surface area contributed by atoms with E-state index in [2.05, 4.69) is 28.3 Å². The number of amides is 1. The van der Waals surface area contributed by atoms with Crippen molar-refractivity contribution in [2.45, 2.75) is 51.0 Å². The van der Waals surface area contributed by atoms with Crippen LogP contribution in [0.2, 0.25) is 0 Å². The van der Waals surface area contributed by atoms with E-state index in [4.69, 9.17) is 4.52 Å². The Hall–Kier alpha value is -1.84. The first-order valence-corrected chi connectivity index (χ1v) is 8.92. The molecule has 1 aromatic heterocycles. The number of carbonyl (C=O) groups is 1.